The van der Waals surface area contributed by atoms with Crippen LogP contribution in [0.2, 0.25) is 5.02 Å². The van der Waals surface area contributed by atoms with Crippen molar-refractivity contribution in [1.29, 1.82) is 0 Å². The Hall–Kier alpha value is -0.700. The topological polar surface area (TPSA) is 64.8 Å². The van der Waals surface area contributed by atoms with Crippen LogP contribution in [0.5, 0.6) is 0 Å². The maximum absolute atomic E-state index is 11.6. The minimum atomic E-state index is -2.91. The molecule has 1 saturated heterocycles. The smallest absolute Gasteiger partial charge is 0.190 e. The number of nitrogens with zero attached hydrogens (tertiary/aromatic N) is 3. The highest BCUT2D eigenvalue weighted by Gasteiger charge is 2.32. The van der Waals surface area contributed by atoms with Crippen molar-refractivity contribution >= 4 is 45.0 Å². The molecule has 9 heteroatoms. The number of thioether (sulfide) groups is 2. The van der Waals surface area contributed by atoms with E-state index in [4.69, 9.17) is 11.6 Å². The molecular weight excluding hydrogens is 398 g/mol. The Balaban J connectivity index is 1.47. The maximum atomic E-state index is 11.6. The standard InChI is InChI=1S/C16H20ClN3O2S3/c1-20-15(12-7-10-25(21,22)11-12)18-19-16(20)24-9-4-8-23-14-6-3-2-5-13(14)17/h2-3,5-6,12H,4,7-11H2,1H3. The van der Waals surface area contributed by atoms with Gasteiger partial charge < -0.3 is 4.57 Å². The van der Waals surface area contributed by atoms with Crippen molar-refractivity contribution in [3.05, 3.63) is 35.1 Å². The van der Waals surface area contributed by atoms with Gasteiger partial charge in [0.25, 0.3) is 0 Å². The van der Waals surface area contributed by atoms with Crippen molar-refractivity contribution in [3.63, 3.8) is 0 Å². The van der Waals surface area contributed by atoms with Crippen molar-refractivity contribution < 1.29 is 8.42 Å². The fraction of sp³-hybridized carbons (Fsp3) is 0.500. The SMILES string of the molecule is Cn1c(SCCCSc2ccccc2Cl)nnc1C1CCS(=O)(=O)C1. The van der Waals surface area contributed by atoms with Gasteiger partial charge in [-0.05, 0) is 30.7 Å². The Kier molecular flexibility index (Phi) is 6.35. The highest BCUT2D eigenvalue weighted by atomic mass is 35.5. The van der Waals surface area contributed by atoms with Crippen LogP contribution in [0.1, 0.15) is 24.6 Å². The third-order valence-corrected chi connectivity index (χ3v) is 8.56. The van der Waals surface area contributed by atoms with Crippen LogP contribution < -0.4 is 0 Å². The lowest BCUT2D eigenvalue weighted by Gasteiger charge is -2.08. The van der Waals surface area contributed by atoms with Gasteiger partial charge in [0.1, 0.15) is 5.82 Å². The summed E-state index contributed by atoms with van der Waals surface area (Å²) < 4.78 is 25.2. The van der Waals surface area contributed by atoms with Crippen molar-refractivity contribution in [2.45, 2.75) is 28.8 Å². The molecule has 0 N–H and O–H groups in total. The molecule has 0 bridgehead atoms. The third-order valence-electron chi connectivity index (χ3n) is 4.08. The van der Waals surface area contributed by atoms with Crippen LogP contribution in [0.15, 0.2) is 34.3 Å². The molecule has 0 amide bonds. The highest BCUT2D eigenvalue weighted by Crippen LogP contribution is 2.30. The van der Waals surface area contributed by atoms with E-state index in [9.17, 15) is 8.42 Å². The van der Waals surface area contributed by atoms with Crippen molar-refractivity contribution in [3.8, 4) is 0 Å². The normalized spacial score (nSPS) is 19.4. The van der Waals surface area contributed by atoms with Crippen LogP contribution in [0.4, 0.5) is 0 Å². The predicted octanol–water partition coefficient (Wildman–Crippen LogP) is 3.65. The summed E-state index contributed by atoms with van der Waals surface area (Å²) >= 11 is 9.56. The number of benzene rings is 1. The van der Waals surface area contributed by atoms with Crippen molar-refractivity contribution in [1.82, 2.24) is 14.8 Å². The molecule has 1 aromatic carbocycles. The third kappa shape index (κ3) is 4.93. The van der Waals surface area contributed by atoms with Crippen molar-refractivity contribution in [2.75, 3.05) is 23.0 Å². The molecule has 3 rings (SSSR count). The average Bonchev–Trinajstić information content (AvgIpc) is 3.11. The molecule has 1 unspecified atom stereocenters. The van der Waals surface area contributed by atoms with E-state index < -0.39 is 9.84 Å². The van der Waals surface area contributed by atoms with Crippen molar-refractivity contribution in [2.24, 2.45) is 7.05 Å². The van der Waals surface area contributed by atoms with E-state index in [0.717, 1.165) is 38.8 Å². The molecule has 1 aliphatic heterocycles. The Morgan fingerprint density at radius 1 is 1.24 bits per heavy atom. The zero-order valence-electron chi connectivity index (χ0n) is 13.9. The molecule has 2 heterocycles. The lowest BCUT2D eigenvalue weighted by atomic mass is 10.1. The van der Waals surface area contributed by atoms with E-state index in [1.165, 1.54) is 0 Å². The van der Waals surface area contributed by atoms with Gasteiger partial charge in [-0.15, -0.1) is 22.0 Å². The molecule has 0 spiro atoms. The molecule has 1 aliphatic rings. The first-order chi connectivity index (χ1) is 12.0. The van der Waals surface area contributed by atoms with Gasteiger partial charge in [0.15, 0.2) is 15.0 Å². The minimum Gasteiger partial charge on any atom is -0.309 e. The number of hydrogen-bond donors (Lipinski definition) is 0. The molecule has 1 atom stereocenters. The van der Waals surface area contributed by atoms with Crippen LogP contribution in [-0.4, -0.2) is 46.2 Å². The summed E-state index contributed by atoms with van der Waals surface area (Å²) in [6.07, 6.45) is 1.67. The first-order valence-corrected chi connectivity index (χ1v) is 12.2. The first-order valence-electron chi connectivity index (χ1n) is 8.06. The second kappa shape index (κ2) is 8.33. The van der Waals surface area contributed by atoms with Crippen LogP contribution in [-0.2, 0) is 16.9 Å². The van der Waals surface area contributed by atoms with Gasteiger partial charge >= 0.3 is 0 Å². The first kappa shape index (κ1) is 19.1. The molecule has 2 aromatic rings. The molecule has 0 saturated carbocycles. The second-order valence-corrected chi connectivity index (χ2v) is 10.8. The van der Waals surface area contributed by atoms with E-state index >= 15 is 0 Å². The monoisotopic (exact) mass is 417 g/mol. The fourth-order valence-corrected chi connectivity index (χ4v) is 6.74. The average molecular weight is 418 g/mol. The Morgan fingerprint density at radius 2 is 2.00 bits per heavy atom. The predicted molar refractivity (Wildman–Crippen MR) is 105 cm³/mol. The summed E-state index contributed by atoms with van der Waals surface area (Å²) in [6.45, 7) is 0. The van der Waals surface area contributed by atoms with Gasteiger partial charge in [0.05, 0.1) is 16.5 Å². The van der Waals surface area contributed by atoms with Crippen LogP contribution >= 0.6 is 35.1 Å². The van der Waals surface area contributed by atoms with Gasteiger partial charge in [0, 0.05) is 23.6 Å². The van der Waals surface area contributed by atoms with Gasteiger partial charge in [-0.3, -0.25) is 0 Å². The van der Waals surface area contributed by atoms with E-state index in [1.807, 2.05) is 35.9 Å². The Morgan fingerprint density at radius 3 is 2.72 bits per heavy atom. The second-order valence-electron chi connectivity index (χ2n) is 5.98. The zero-order valence-corrected chi connectivity index (χ0v) is 17.1. The Bertz CT molecular complexity index is 839. The summed E-state index contributed by atoms with van der Waals surface area (Å²) in [5, 5.41) is 10.1. The van der Waals surface area contributed by atoms with E-state index in [-0.39, 0.29) is 17.4 Å². The number of rotatable bonds is 7. The lowest BCUT2D eigenvalue weighted by molar-refractivity contribution is 0.599. The molecule has 25 heavy (non-hydrogen) atoms. The Labute approximate surface area is 161 Å². The highest BCUT2D eigenvalue weighted by molar-refractivity contribution is 8.00. The molecule has 0 radical (unpaired) electrons. The van der Waals surface area contributed by atoms with Crippen LogP contribution in [0.25, 0.3) is 0 Å². The summed E-state index contributed by atoms with van der Waals surface area (Å²) in [5.74, 6) is 3.14. The molecule has 1 fully saturated rings. The van der Waals surface area contributed by atoms with E-state index in [0.29, 0.717) is 6.42 Å². The lowest BCUT2D eigenvalue weighted by Crippen LogP contribution is -2.09. The van der Waals surface area contributed by atoms with Gasteiger partial charge in [0.2, 0.25) is 0 Å². The maximum Gasteiger partial charge on any atom is 0.190 e. The van der Waals surface area contributed by atoms with Crippen LogP contribution in [0.3, 0.4) is 0 Å². The number of hydrogen-bond acceptors (Lipinski definition) is 6. The molecule has 136 valence electrons. The molecular formula is C16H20ClN3O2S3. The van der Waals surface area contributed by atoms with Gasteiger partial charge in [-0.25, -0.2) is 8.42 Å². The summed E-state index contributed by atoms with van der Waals surface area (Å²) in [7, 11) is -0.989. The van der Waals surface area contributed by atoms with Gasteiger partial charge in [-0.1, -0.05) is 35.5 Å². The zero-order chi connectivity index (χ0) is 17.9. The van der Waals surface area contributed by atoms with Crippen LogP contribution in [0, 0.1) is 0 Å². The fourth-order valence-electron chi connectivity index (χ4n) is 2.77. The molecule has 0 aliphatic carbocycles. The number of aromatic nitrogens is 3. The summed E-state index contributed by atoms with van der Waals surface area (Å²) in [6, 6.07) is 7.87. The number of halogens is 1. The minimum absolute atomic E-state index is 0.0207. The molecule has 5 nitrogen and oxygen atoms in total. The van der Waals surface area contributed by atoms with E-state index in [2.05, 4.69) is 10.2 Å². The summed E-state index contributed by atoms with van der Waals surface area (Å²) in [5.41, 5.74) is 0. The summed E-state index contributed by atoms with van der Waals surface area (Å²) in [4.78, 5) is 1.11. The van der Waals surface area contributed by atoms with Gasteiger partial charge in [-0.2, -0.15) is 0 Å². The largest absolute Gasteiger partial charge is 0.309 e. The number of sulfone groups is 1. The van der Waals surface area contributed by atoms with E-state index in [1.54, 1.807) is 23.5 Å². The quantitative estimate of drug-likeness (QED) is 0.506. The molecule has 1 aromatic heterocycles.